The average molecular weight is 282 g/mol. The molecule has 0 radical (unpaired) electrons. The minimum atomic E-state index is -0.649. The molecule has 1 aromatic rings. The van der Waals surface area contributed by atoms with Crippen LogP contribution >= 0.6 is 0 Å². The van der Waals surface area contributed by atoms with Crippen molar-refractivity contribution in [3.63, 3.8) is 0 Å². The maximum absolute atomic E-state index is 13.7. The molecule has 0 heterocycles. The van der Waals surface area contributed by atoms with Crippen LogP contribution in [0.2, 0.25) is 0 Å². The number of hydrogen-bond acceptors (Lipinski definition) is 3. The van der Waals surface area contributed by atoms with E-state index in [0.29, 0.717) is 25.1 Å². The summed E-state index contributed by atoms with van der Waals surface area (Å²) < 4.78 is 13.7. The van der Waals surface area contributed by atoms with Crippen molar-refractivity contribution in [3.05, 3.63) is 35.1 Å². The smallest absolute Gasteiger partial charge is 0.248 e. The Balaban J connectivity index is 2.48. The molecule has 0 spiro atoms. The van der Waals surface area contributed by atoms with Crippen molar-refractivity contribution in [2.24, 2.45) is 11.1 Å². The number of hydrogen-bond donors (Lipinski definition) is 3. The highest BCUT2D eigenvalue weighted by Gasteiger charge is 2.16. The van der Waals surface area contributed by atoms with Gasteiger partial charge in [0.2, 0.25) is 5.91 Å². The molecule has 4 N–H and O–H groups in total. The first kappa shape index (κ1) is 16.6. The summed E-state index contributed by atoms with van der Waals surface area (Å²) in [6.45, 7) is 6.86. The molecule has 0 aliphatic carbocycles. The average Bonchev–Trinajstić information content (AvgIpc) is 2.28. The van der Waals surface area contributed by atoms with E-state index < -0.39 is 17.8 Å². The number of aliphatic hydroxyl groups excluding tert-OH is 1. The van der Waals surface area contributed by atoms with Crippen molar-refractivity contribution in [2.75, 3.05) is 6.54 Å². The van der Waals surface area contributed by atoms with Crippen LogP contribution in [0.4, 0.5) is 4.39 Å². The first-order valence-electron chi connectivity index (χ1n) is 6.66. The molecule has 1 aromatic carbocycles. The van der Waals surface area contributed by atoms with Gasteiger partial charge in [-0.25, -0.2) is 4.39 Å². The first-order chi connectivity index (χ1) is 9.19. The Morgan fingerprint density at radius 2 is 2.10 bits per heavy atom. The van der Waals surface area contributed by atoms with Gasteiger partial charge in [0.05, 0.1) is 6.10 Å². The molecule has 4 nitrogen and oxygen atoms in total. The number of carbonyl (C=O) groups is 1. The van der Waals surface area contributed by atoms with Gasteiger partial charge >= 0.3 is 0 Å². The predicted molar refractivity (Wildman–Crippen MR) is 76.7 cm³/mol. The van der Waals surface area contributed by atoms with Crippen LogP contribution in [0.3, 0.4) is 0 Å². The van der Waals surface area contributed by atoms with E-state index in [1.54, 1.807) is 0 Å². The largest absolute Gasteiger partial charge is 0.392 e. The third-order valence-electron chi connectivity index (χ3n) is 2.88. The molecule has 0 saturated heterocycles. The Morgan fingerprint density at radius 1 is 1.45 bits per heavy atom. The molecule has 112 valence electrons. The van der Waals surface area contributed by atoms with Crippen molar-refractivity contribution in [1.29, 1.82) is 0 Å². The molecule has 0 aliphatic rings. The predicted octanol–water partition coefficient (Wildman–Crippen LogP) is 1.81. The van der Waals surface area contributed by atoms with Gasteiger partial charge in [-0.15, -0.1) is 0 Å². The Hall–Kier alpha value is -1.46. The quantitative estimate of drug-likeness (QED) is 0.745. The molecule has 20 heavy (non-hydrogen) atoms. The summed E-state index contributed by atoms with van der Waals surface area (Å²) in [5.74, 6) is -1.12. The van der Waals surface area contributed by atoms with Gasteiger partial charge in [-0.2, -0.15) is 0 Å². The SMILES string of the molecule is CC(C)(C)CC(O)CNCc1ccc(C(N)=O)cc1F. The minimum Gasteiger partial charge on any atom is -0.392 e. The number of halogens is 1. The number of nitrogens with two attached hydrogens (primary N) is 1. The molecule has 0 saturated carbocycles. The van der Waals surface area contributed by atoms with Crippen LogP contribution in [0.15, 0.2) is 18.2 Å². The second-order valence-corrected chi connectivity index (χ2v) is 6.22. The van der Waals surface area contributed by atoms with Crippen molar-refractivity contribution < 1.29 is 14.3 Å². The van der Waals surface area contributed by atoms with Crippen molar-refractivity contribution in [2.45, 2.75) is 39.8 Å². The highest BCUT2D eigenvalue weighted by molar-refractivity contribution is 5.92. The van der Waals surface area contributed by atoms with Gasteiger partial charge in [0.25, 0.3) is 0 Å². The van der Waals surface area contributed by atoms with Gasteiger partial charge in [-0.1, -0.05) is 26.8 Å². The molecule has 0 aromatic heterocycles. The summed E-state index contributed by atoms with van der Waals surface area (Å²) in [6, 6.07) is 4.15. The zero-order valence-electron chi connectivity index (χ0n) is 12.2. The molecule has 0 fully saturated rings. The third kappa shape index (κ3) is 5.67. The summed E-state index contributed by atoms with van der Waals surface area (Å²) in [4.78, 5) is 10.9. The van der Waals surface area contributed by atoms with Crippen LogP contribution in [0.25, 0.3) is 0 Å². The number of benzene rings is 1. The number of aliphatic hydroxyl groups is 1. The Morgan fingerprint density at radius 3 is 2.60 bits per heavy atom. The van der Waals surface area contributed by atoms with Gasteiger partial charge in [0.15, 0.2) is 0 Å². The monoisotopic (exact) mass is 282 g/mol. The Kier molecular flexibility index (Phi) is 5.65. The molecular formula is C15H23FN2O2. The second kappa shape index (κ2) is 6.81. The van der Waals surface area contributed by atoms with E-state index in [-0.39, 0.29) is 11.0 Å². The summed E-state index contributed by atoms with van der Waals surface area (Å²) >= 11 is 0. The summed E-state index contributed by atoms with van der Waals surface area (Å²) in [5.41, 5.74) is 5.72. The number of carbonyl (C=O) groups excluding carboxylic acids is 1. The maximum Gasteiger partial charge on any atom is 0.248 e. The standard InChI is InChI=1S/C15H23FN2O2/c1-15(2,3)7-12(19)9-18-8-11-5-4-10(14(17)20)6-13(11)16/h4-6,12,18-19H,7-9H2,1-3H3,(H2,17,20). The normalized spacial score (nSPS) is 13.2. The van der Waals surface area contributed by atoms with E-state index in [1.165, 1.54) is 12.1 Å². The van der Waals surface area contributed by atoms with Gasteiger partial charge < -0.3 is 16.2 Å². The fraction of sp³-hybridized carbons (Fsp3) is 0.533. The van der Waals surface area contributed by atoms with Crippen LogP contribution in [-0.4, -0.2) is 23.7 Å². The van der Waals surface area contributed by atoms with Gasteiger partial charge in [0, 0.05) is 24.2 Å². The van der Waals surface area contributed by atoms with E-state index in [9.17, 15) is 14.3 Å². The zero-order valence-corrected chi connectivity index (χ0v) is 12.2. The number of nitrogens with one attached hydrogen (secondary N) is 1. The maximum atomic E-state index is 13.7. The lowest BCUT2D eigenvalue weighted by Crippen LogP contribution is -2.30. The molecule has 1 atom stereocenters. The minimum absolute atomic E-state index is 0.0511. The number of primary amides is 1. The third-order valence-corrected chi connectivity index (χ3v) is 2.88. The Bertz CT molecular complexity index is 469. The molecular weight excluding hydrogens is 259 g/mol. The summed E-state index contributed by atoms with van der Waals surface area (Å²) in [7, 11) is 0. The lowest BCUT2D eigenvalue weighted by Gasteiger charge is -2.22. The van der Waals surface area contributed by atoms with E-state index >= 15 is 0 Å². The lowest BCUT2D eigenvalue weighted by molar-refractivity contribution is 0.0999. The summed E-state index contributed by atoms with van der Waals surface area (Å²) in [6.07, 6.45) is 0.200. The van der Waals surface area contributed by atoms with E-state index in [0.717, 1.165) is 6.07 Å². The van der Waals surface area contributed by atoms with Crippen molar-refractivity contribution >= 4 is 5.91 Å². The molecule has 1 amide bonds. The summed E-state index contributed by atoms with van der Waals surface area (Å²) in [5, 5.41) is 12.8. The number of rotatable bonds is 6. The molecule has 5 heteroatoms. The zero-order chi connectivity index (χ0) is 15.3. The molecule has 0 bridgehead atoms. The Labute approximate surface area is 119 Å². The van der Waals surface area contributed by atoms with Crippen LogP contribution in [0.1, 0.15) is 43.1 Å². The van der Waals surface area contributed by atoms with Crippen molar-refractivity contribution in [1.82, 2.24) is 5.32 Å². The molecule has 1 unspecified atom stereocenters. The van der Waals surface area contributed by atoms with E-state index in [2.05, 4.69) is 26.1 Å². The van der Waals surface area contributed by atoms with Crippen LogP contribution in [0.5, 0.6) is 0 Å². The van der Waals surface area contributed by atoms with Crippen LogP contribution in [-0.2, 0) is 6.54 Å². The highest BCUT2D eigenvalue weighted by Crippen LogP contribution is 2.20. The first-order valence-corrected chi connectivity index (χ1v) is 6.66. The molecule has 0 aliphatic heterocycles. The van der Waals surface area contributed by atoms with E-state index in [4.69, 9.17) is 5.73 Å². The second-order valence-electron chi connectivity index (χ2n) is 6.22. The molecule has 1 rings (SSSR count). The van der Waals surface area contributed by atoms with E-state index in [1.807, 2.05) is 0 Å². The van der Waals surface area contributed by atoms with Crippen LogP contribution in [0, 0.1) is 11.2 Å². The fourth-order valence-corrected chi connectivity index (χ4v) is 2.00. The highest BCUT2D eigenvalue weighted by atomic mass is 19.1. The topological polar surface area (TPSA) is 75.3 Å². The van der Waals surface area contributed by atoms with Crippen molar-refractivity contribution in [3.8, 4) is 0 Å². The van der Waals surface area contributed by atoms with Crippen LogP contribution < -0.4 is 11.1 Å². The van der Waals surface area contributed by atoms with Gasteiger partial charge in [-0.3, -0.25) is 4.79 Å². The fourth-order valence-electron chi connectivity index (χ4n) is 2.00. The van der Waals surface area contributed by atoms with Gasteiger partial charge in [-0.05, 0) is 24.0 Å². The van der Waals surface area contributed by atoms with Gasteiger partial charge in [0.1, 0.15) is 5.82 Å². The lowest BCUT2D eigenvalue weighted by atomic mass is 9.89. The number of amides is 1.